The summed E-state index contributed by atoms with van der Waals surface area (Å²) >= 11 is 1.33. The van der Waals surface area contributed by atoms with Crippen LogP contribution in [0.15, 0.2) is 6.07 Å². The number of thiophene rings is 1. The minimum atomic E-state index is -4.35. The Balaban J connectivity index is 3.01. The Kier molecular flexibility index (Phi) is 2.68. The van der Waals surface area contributed by atoms with Gasteiger partial charge in [0.05, 0.1) is 0 Å². The molecule has 13 heavy (non-hydrogen) atoms. The van der Waals surface area contributed by atoms with Crippen LogP contribution in [0.4, 0.5) is 13.2 Å². The molecular weight excluding hydrogens is 199 g/mol. The largest absolute Gasteiger partial charge is 0.407 e. The topological polar surface area (TPSA) is 26.0 Å². The first-order chi connectivity index (χ1) is 5.82. The molecule has 0 aromatic carbocycles. The molecule has 0 saturated heterocycles. The van der Waals surface area contributed by atoms with E-state index in [1.165, 1.54) is 17.4 Å². The molecule has 1 rings (SSSR count). The second kappa shape index (κ2) is 3.31. The van der Waals surface area contributed by atoms with Crippen molar-refractivity contribution >= 4 is 11.3 Å². The number of hydrogen-bond acceptors (Lipinski definition) is 2. The molecule has 5 heteroatoms. The summed E-state index contributed by atoms with van der Waals surface area (Å²) in [5.74, 6) is 0. The maximum absolute atomic E-state index is 12.2. The van der Waals surface area contributed by atoms with Gasteiger partial charge >= 0.3 is 6.18 Å². The molecule has 0 fully saturated rings. The van der Waals surface area contributed by atoms with Crippen molar-refractivity contribution in [2.45, 2.75) is 26.1 Å². The summed E-state index contributed by atoms with van der Waals surface area (Å²) in [6, 6.07) is -0.351. The summed E-state index contributed by atoms with van der Waals surface area (Å²) in [7, 11) is 0. The zero-order valence-electron chi connectivity index (χ0n) is 7.27. The fraction of sp³-hybridized carbons (Fsp3) is 0.500. The molecule has 0 aliphatic carbocycles. The predicted octanol–water partition coefficient (Wildman–Crippen LogP) is 2.93. The SMILES string of the molecule is Cc1cc([C@H](N)C(F)(F)F)c(C)s1. The average Bonchev–Trinajstić information content (AvgIpc) is 2.26. The van der Waals surface area contributed by atoms with Gasteiger partial charge in [-0.15, -0.1) is 11.3 Å². The van der Waals surface area contributed by atoms with Crippen LogP contribution in [0.2, 0.25) is 0 Å². The number of rotatable bonds is 1. The second-order valence-electron chi connectivity index (χ2n) is 2.89. The van der Waals surface area contributed by atoms with Crippen molar-refractivity contribution < 1.29 is 13.2 Å². The second-order valence-corrected chi connectivity index (χ2v) is 4.35. The van der Waals surface area contributed by atoms with Gasteiger partial charge < -0.3 is 5.73 Å². The monoisotopic (exact) mass is 209 g/mol. The van der Waals surface area contributed by atoms with Crippen molar-refractivity contribution in [3.05, 3.63) is 21.4 Å². The molecule has 74 valence electrons. The maximum atomic E-state index is 12.2. The number of alkyl halides is 3. The Hall–Kier alpha value is -0.550. The average molecular weight is 209 g/mol. The van der Waals surface area contributed by atoms with Gasteiger partial charge in [-0.05, 0) is 25.5 Å². The molecule has 1 nitrogen and oxygen atoms in total. The van der Waals surface area contributed by atoms with Gasteiger partial charge in [0.1, 0.15) is 6.04 Å². The summed E-state index contributed by atoms with van der Waals surface area (Å²) in [4.78, 5) is 1.49. The van der Waals surface area contributed by atoms with Crippen LogP contribution in [-0.2, 0) is 0 Å². The van der Waals surface area contributed by atoms with E-state index in [0.717, 1.165) is 4.88 Å². The molecule has 0 aliphatic heterocycles. The Morgan fingerprint density at radius 2 is 1.92 bits per heavy atom. The smallest absolute Gasteiger partial charge is 0.316 e. The van der Waals surface area contributed by atoms with Gasteiger partial charge in [0, 0.05) is 9.75 Å². The zero-order valence-corrected chi connectivity index (χ0v) is 8.09. The van der Waals surface area contributed by atoms with E-state index in [0.29, 0.717) is 4.88 Å². The summed E-state index contributed by atoms with van der Waals surface area (Å²) in [5, 5.41) is 0. The van der Waals surface area contributed by atoms with E-state index in [1.54, 1.807) is 13.8 Å². The quantitative estimate of drug-likeness (QED) is 0.756. The molecule has 0 unspecified atom stereocenters. The van der Waals surface area contributed by atoms with Gasteiger partial charge in [0.25, 0.3) is 0 Å². The minimum absolute atomic E-state index is 0.190. The van der Waals surface area contributed by atoms with Crippen molar-refractivity contribution in [3.8, 4) is 0 Å². The summed E-state index contributed by atoms with van der Waals surface area (Å²) < 4.78 is 36.6. The van der Waals surface area contributed by atoms with E-state index in [9.17, 15) is 13.2 Å². The first-order valence-corrected chi connectivity index (χ1v) is 4.53. The molecule has 2 N–H and O–H groups in total. The fourth-order valence-electron chi connectivity index (χ4n) is 1.14. The minimum Gasteiger partial charge on any atom is -0.316 e. The van der Waals surface area contributed by atoms with Crippen LogP contribution >= 0.6 is 11.3 Å². The van der Waals surface area contributed by atoms with Gasteiger partial charge in [-0.3, -0.25) is 0 Å². The van der Waals surface area contributed by atoms with Crippen molar-refractivity contribution in [3.63, 3.8) is 0 Å². The van der Waals surface area contributed by atoms with E-state index in [-0.39, 0.29) is 5.56 Å². The van der Waals surface area contributed by atoms with Gasteiger partial charge in [-0.25, -0.2) is 0 Å². The highest BCUT2D eigenvalue weighted by Gasteiger charge is 2.39. The van der Waals surface area contributed by atoms with Crippen molar-refractivity contribution in [1.82, 2.24) is 0 Å². The molecule has 1 aromatic rings. The highest BCUT2D eigenvalue weighted by atomic mass is 32.1. The first-order valence-electron chi connectivity index (χ1n) is 3.71. The molecule has 1 atom stereocenters. The summed E-state index contributed by atoms with van der Waals surface area (Å²) in [6.07, 6.45) is -4.35. The van der Waals surface area contributed by atoms with Crippen LogP contribution in [0.3, 0.4) is 0 Å². The fourth-order valence-corrected chi connectivity index (χ4v) is 2.11. The van der Waals surface area contributed by atoms with Gasteiger partial charge in [0.2, 0.25) is 0 Å². The highest BCUT2D eigenvalue weighted by molar-refractivity contribution is 7.12. The molecule has 0 saturated carbocycles. The van der Waals surface area contributed by atoms with Gasteiger partial charge in [-0.2, -0.15) is 13.2 Å². The van der Waals surface area contributed by atoms with Crippen LogP contribution in [0.1, 0.15) is 21.4 Å². The molecule has 0 spiro atoms. The molecular formula is C8H10F3NS. The standard InChI is InChI=1S/C8H10F3NS/c1-4-3-6(5(2)13-4)7(12)8(9,10)11/h3,7H,12H2,1-2H3/t7-/m0/s1. The Bertz CT molecular complexity index is 303. The number of hydrogen-bond donors (Lipinski definition) is 1. The molecule has 0 radical (unpaired) electrons. The number of nitrogens with two attached hydrogens (primary N) is 1. The normalized spacial score (nSPS) is 14.6. The molecule has 0 aliphatic rings. The van der Waals surface area contributed by atoms with Crippen molar-refractivity contribution in [2.24, 2.45) is 5.73 Å². The Labute approximate surface area is 78.4 Å². The van der Waals surface area contributed by atoms with Crippen LogP contribution in [-0.4, -0.2) is 6.18 Å². The van der Waals surface area contributed by atoms with Crippen LogP contribution < -0.4 is 5.73 Å². The van der Waals surface area contributed by atoms with Crippen LogP contribution in [0, 0.1) is 13.8 Å². The molecule has 1 aromatic heterocycles. The molecule has 0 bridgehead atoms. The van der Waals surface area contributed by atoms with Crippen molar-refractivity contribution in [2.75, 3.05) is 0 Å². The van der Waals surface area contributed by atoms with Gasteiger partial charge in [-0.1, -0.05) is 0 Å². The lowest BCUT2D eigenvalue weighted by Crippen LogP contribution is -2.28. The summed E-state index contributed by atoms with van der Waals surface area (Å²) in [5.41, 5.74) is 5.26. The summed E-state index contributed by atoms with van der Waals surface area (Å²) in [6.45, 7) is 3.42. The number of aryl methyl sites for hydroxylation is 2. The lowest BCUT2D eigenvalue weighted by atomic mass is 10.1. The van der Waals surface area contributed by atoms with Crippen LogP contribution in [0.25, 0.3) is 0 Å². The van der Waals surface area contributed by atoms with Gasteiger partial charge in [0.15, 0.2) is 0 Å². The number of halogens is 3. The van der Waals surface area contributed by atoms with E-state index in [2.05, 4.69) is 0 Å². The third-order valence-electron chi connectivity index (χ3n) is 1.77. The van der Waals surface area contributed by atoms with Crippen LogP contribution in [0.5, 0.6) is 0 Å². The van der Waals surface area contributed by atoms with E-state index < -0.39 is 12.2 Å². The Morgan fingerprint density at radius 1 is 1.38 bits per heavy atom. The molecule has 1 heterocycles. The lowest BCUT2D eigenvalue weighted by Gasteiger charge is -2.14. The Morgan fingerprint density at radius 3 is 2.23 bits per heavy atom. The zero-order chi connectivity index (χ0) is 10.2. The third-order valence-corrected chi connectivity index (χ3v) is 2.75. The van der Waals surface area contributed by atoms with E-state index >= 15 is 0 Å². The first kappa shape index (κ1) is 10.5. The molecule has 0 amide bonds. The predicted molar refractivity (Wildman–Crippen MR) is 46.8 cm³/mol. The third kappa shape index (κ3) is 2.22. The van der Waals surface area contributed by atoms with E-state index in [4.69, 9.17) is 5.73 Å². The van der Waals surface area contributed by atoms with Crippen molar-refractivity contribution in [1.29, 1.82) is 0 Å². The maximum Gasteiger partial charge on any atom is 0.407 e. The van der Waals surface area contributed by atoms with E-state index in [1.807, 2.05) is 0 Å². The highest BCUT2D eigenvalue weighted by Crippen LogP contribution is 2.35. The lowest BCUT2D eigenvalue weighted by molar-refractivity contribution is -0.149.